The van der Waals surface area contributed by atoms with Crippen molar-refractivity contribution in [3.8, 4) is 5.69 Å². The number of para-hydroxylation sites is 1. The molecule has 1 atom stereocenters. The standard InChI is InChI=1S/C17H13Cl2N3S/c18-10-17-21-20-16-9-15(11-5-1-2-6-12(11)19)23-14-8-4-3-7-13(14)22(16)17/h1-8,15H,9-10H2. The van der Waals surface area contributed by atoms with Crippen molar-refractivity contribution in [3.05, 3.63) is 70.8 Å². The van der Waals surface area contributed by atoms with Crippen LogP contribution in [0.2, 0.25) is 5.02 Å². The van der Waals surface area contributed by atoms with Gasteiger partial charge < -0.3 is 0 Å². The van der Waals surface area contributed by atoms with E-state index in [9.17, 15) is 0 Å². The summed E-state index contributed by atoms with van der Waals surface area (Å²) in [5.74, 6) is 2.03. The molecule has 23 heavy (non-hydrogen) atoms. The van der Waals surface area contributed by atoms with Crippen molar-refractivity contribution in [3.63, 3.8) is 0 Å². The summed E-state index contributed by atoms with van der Waals surface area (Å²) in [5.41, 5.74) is 2.21. The van der Waals surface area contributed by atoms with Crippen LogP contribution in [0.4, 0.5) is 0 Å². The fourth-order valence-electron chi connectivity index (χ4n) is 2.86. The molecule has 1 aromatic heterocycles. The molecular formula is C17H13Cl2N3S. The normalized spacial score (nSPS) is 16.5. The van der Waals surface area contributed by atoms with Crippen LogP contribution in [0.5, 0.6) is 0 Å². The Morgan fingerprint density at radius 2 is 1.87 bits per heavy atom. The van der Waals surface area contributed by atoms with Crippen molar-refractivity contribution in [2.75, 3.05) is 0 Å². The molecule has 0 radical (unpaired) electrons. The van der Waals surface area contributed by atoms with Crippen molar-refractivity contribution in [2.45, 2.75) is 22.4 Å². The second-order valence-corrected chi connectivity index (χ2v) is 7.22. The highest BCUT2D eigenvalue weighted by Crippen LogP contribution is 2.45. The molecule has 0 amide bonds. The fraction of sp³-hybridized carbons (Fsp3) is 0.176. The average Bonchev–Trinajstić information content (AvgIpc) is 2.90. The van der Waals surface area contributed by atoms with Crippen molar-refractivity contribution in [2.24, 2.45) is 0 Å². The Balaban J connectivity index is 1.89. The Labute approximate surface area is 148 Å². The van der Waals surface area contributed by atoms with E-state index in [0.717, 1.165) is 34.3 Å². The monoisotopic (exact) mass is 361 g/mol. The molecule has 3 aromatic rings. The van der Waals surface area contributed by atoms with Gasteiger partial charge in [0.05, 0.1) is 11.6 Å². The molecule has 1 unspecified atom stereocenters. The van der Waals surface area contributed by atoms with Gasteiger partial charge in [0, 0.05) is 21.6 Å². The second-order valence-electron chi connectivity index (χ2n) is 5.30. The Hall–Kier alpha value is -1.49. The summed E-state index contributed by atoms with van der Waals surface area (Å²) in [6, 6.07) is 16.3. The van der Waals surface area contributed by atoms with Crippen LogP contribution in [0.25, 0.3) is 5.69 Å². The smallest absolute Gasteiger partial charge is 0.152 e. The van der Waals surface area contributed by atoms with E-state index in [0.29, 0.717) is 5.88 Å². The first-order valence-corrected chi connectivity index (χ1v) is 9.06. The largest absolute Gasteiger partial charge is 0.281 e. The van der Waals surface area contributed by atoms with E-state index < -0.39 is 0 Å². The topological polar surface area (TPSA) is 30.7 Å². The highest BCUT2D eigenvalue weighted by Gasteiger charge is 2.27. The fourth-order valence-corrected chi connectivity index (χ4v) is 4.68. The van der Waals surface area contributed by atoms with Crippen LogP contribution in [-0.2, 0) is 12.3 Å². The quantitative estimate of drug-likeness (QED) is 0.598. The van der Waals surface area contributed by atoms with Gasteiger partial charge in [0.25, 0.3) is 0 Å². The number of thioether (sulfide) groups is 1. The van der Waals surface area contributed by atoms with Gasteiger partial charge in [0.1, 0.15) is 5.82 Å². The molecule has 0 fully saturated rings. The zero-order valence-corrected chi connectivity index (χ0v) is 14.4. The van der Waals surface area contributed by atoms with Gasteiger partial charge in [0.2, 0.25) is 0 Å². The van der Waals surface area contributed by atoms with Crippen molar-refractivity contribution in [1.82, 2.24) is 14.8 Å². The molecule has 0 saturated carbocycles. The van der Waals surface area contributed by atoms with Gasteiger partial charge in [-0.2, -0.15) is 0 Å². The number of hydrogen-bond acceptors (Lipinski definition) is 3. The lowest BCUT2D eigenvalue weighted by Crippen LogP contribution is -2.05. The molecule has 0 spiro atoms. The maximum absolute atomic E-state index is 6.42. The lowest BCUT2D eigenvalue weighted by molar-refractivity contribution is 0.809. The molecule has 2 heterocycles. The molecule has 4 rings (SSSR count). The molecule has 6 heteroatoms. The molecule has 0 aliphatic carbocycles. The first kappa shape index (κ1) is 15.1. The second kappa shape index (κ2) is 6.19. The highest BCUT2D eigenvalue weighted by atomic mass is 35.5. The van der Waals surface area contributed by atoms with E-state index in [1.807, 2.05) is 42.1 Å². The summed E-state index contributed by atoms with van der Waals surface area (Å²) >= 11 is 14.3. The molecule has 116 valence electrons. The molecule has 1 aliphatic rings. The third kappa shape index (κ3) is 2.65. The van der Waals surface area contributed by atoms with Crippen LogP contribution < -0.4 is 0 Å². The van der Waals surface area contributed by atoms with Gasteiger partial charge in [-0.25, -0.2) is 0 Å². The van der Waals surface area contributed by atoms with Crippen LogP contribution in [0, 0.1) is 0 Å². The molecular weight excluding hydrogens is 349 g/mol. The maximum atomic E-state index is 6.42. The van der Waals surface area contributed by atoms with Crippen LogP contribution in [0.1, 0.15) is 22.5 Å². The Morgan fingerprint density at radius 1 is 1.09 bits per heavy atom. The number of fused-ring (bicyclic) bond motifs is 3. The number of halogens is 2. The van der Waals surface area contributed by atoms with Gasteiger partial charge in [-0.05, 0) is 23.8 Å². The van der Waals surface area contributed by atoms with Gasteiger partial charge in [0.15, 0.2) is 5.82 Å². The average molecular weight is 362 g/mol. The SMILES string of the molecule is ClCc1nnc2n1-c1ccccc1SC(c1ccccc1Cl)C2. The van der Waals surface area contributed by atoms with E-state index in [1.54, 1.807) is 0 Å². The minimum absolute atomic E-state index is 0.193. The molecule has 2 aromatic carbocycles. The van der Waals surface area contributed by atoms with Gasteiger partial charge in [-0.15, -0.1) is 33.6 Å². The minimum Gasteiger partial charge on any atom is -0.281 e. The van der Waals surface area contributed by atoms with E-state index in [2.05, 4.69) is 33.0 Å². The van der Waals surface area contributed by atoms with Crippen molar-refractivity contribution < 1.29 is 0 Å². The number of aromatic nitrogens is 3. The number of nitrogens with zero attached hydrogens (tertiary/aromatic N) is 3. The zero-order valence-electron chi connectivity index (χ0n) is 12.1. The summed E-state index contributed by atoms with van der Waals surface area (Å²) in [7, 11) is 0. The number of hydrogen-bond donors (Lipinski definition) is 0. The molecule has 3 nitrogen and oxygen atoms in total. The predicted octanol–water partition coefficient (Wildman–Crippen LogP) is 5.05. The van der Waals surface area contributed by atoms with Gasteiger partial charge in [-0.1, -0.05) is 41.9 Å². The first-order chi connectivity index (χ1) is 11.3. The molecule has 0 saturated heterocycles. The van der Waals surface area contributed by atoms with Crippen molar-refractivity contribution in [1.29, 1.82) is 0 Å². The zero-order chi connectivity index (χ0) is 15.8. The summed E-state index contributed by atoms with van der Waals surface area (Å²) in [6.07, 6.45) is 0.757. The van der Waals surface area contributed by atoms with Crippen LogP contribution >= 0.6 is 35.0 Å². The molecule has 0 bridgehead atoms. The summed E-state index contributed by atoms with van der Waals surface area (Å²) < 4.78 is 2.08. The Bertz CT molecular complexity index is 863. The van der Waals surface area contributed by atoms with E-state index >= 15 is 0 Å². The number of alkyl halides is 1. The highest BCUT2D eigenvalue weighted by molar-refractivity contribution is 7.99. The maximum Gasteiger partial charge on any atom is 0.152 e. The van der Waals surface area contributed by atoms with Gasteiger partial charge >= 0.3 is 0 Å². The summed E-state index contributed by atoms with van der Waals surface area (Å²) in [6.45, 7) is 0. The summed E-state index contributed by atoms with van der Waals surface area (Å²) in [4.78, 5) is 1.18. The van der Waals surface area contributed by atoms with Crippen LogP contribution in [0.15, 0.2) is 53.4 Å². The van der Waals surface area contributed by atoms with E-state index in [-0.39, 0.29) is 5.25 Å². The van der Waals surface area contributed by atoms with Crippen molar-refractivity contribution >= 4 is 35.0 Å². The lowest BCUT2D eigenvalue weighted by Gasteiger charge is -2.15. The molecule has 1 aliphatic heterocycles. The predicted molar refractivity (Wildman–Crippen MR) is 94.7 cm³/mol. The number of benzene rings is 2. The van der Waals surface area contributed by atoms with E-state index in [1.165, 1.54) is 4.90 Å². The third-order valence-corrected chi connectivity index (χ3v) is 5.80. The van der Waals surface area contributed by atoms with Crippen LogP contribution in [-0.4, -0.2) is 14.8 Å². The Morgan fingerprint density at radius 3 is 2.70 bits per heavy atom. The van der Waals surface area contributed by atoms with Gasteiger partial charge in [-0.3, -0.25) is 4.57 Å². The van der Waals surface area contributed by atoms with Crippen LogP contribution in [0.3, 0.4) is 0 Å². The minimum atomic E-state index is 0.193. The third-order valence-electron chi connectivity index (χ3n) is 3.91. The van der Waals surface area contributed by atoms with E-state index in [4.69, 9.17) is 23.2 Å². The number of rotatable bonds is 2. The lowest BCUT2D eigenvalue weighted by atomic mass is 10.1. The molecule has 0 N–H and O–H groups in total. The first-order valence-electron chi connectivity index (χ1n) is 7.27. The Kier molecular flexibility index (Phi) is 4.05. The summed E-state index contributed by atoms with van der Waals surface area (Å²) in [5, 5.41) is 9.59.